The second kappa shape index (κ2) is 4.99. The number of rotatable bonds is 4. The molecule has 1 unspecified atom stereocenters. The van der Waals surface area contributed by atoms with E-state index >= 15 is 0 Å². The average molecular weight is 196 g/mol. The van der Waals surface area contributed by atoms with Crippen LogP contribution in [0, 0.1) is 12.7 Å². The quantitative estimate of drug-likeness (QED) is 0.713. The molecule has 0 aliphatic carbocycles. The highest BCUT2D eigenvalue weighted by atomic mass is 19.1. The fourth-order valence-corrected chi connectivity index (χ4v) is 1.38. The normalized spacial score (nSPS) is 12.6. The van der Waals surface area contributed by atoms with Crippen molar-refractivity contribution in [2.24, 2.45) is 0 Å². The molecule has 0 fully saturated rings. The summed E-state index contributed by atoms with van der Waals surface area (Å²) < 4.78 is 18.7. The Morgan fingerprint density at radius 1 is 1.43 bits per heavy atom. The van der Waals surface area contributed by atoms with Gasteiger partial charge in [-0.3, -0.25) is 0 Å². The van der Waals surface area contributed by atoms with Crippen molar-refractivity contribution < 1.29 is 9.13 Å². The molecule has 0 amide bonds. The maximum atomic E-state index is 13.2. The summed E-state index contributed by atoms with van der Waals surface area (Å²) in [7, 11) is 0. The Balaban J connectivity index is 2.70. The van der Waals surface area contributed by atoms with Gasteiger partial charge in [-0.15, -0.1) is 0 Å². The van der Waals surface area contributed by atoms with Crippen LogP contribution in [0.25, 0.3) is 0 Å². The van der Waals surface area contributed by atoms with Crippen LogP contribution in [-0.4, -0.2) is 6.10 Å². The van der Waals surface area contributed by atoms with Gasteiger partial charge in [0.05, 0.1) is 6.10 Å². The highest BCUT2D eigenvalue weighted by Gasteiger charge is 2.07. The molecule has 1 aromatic carbocycles. The molecule has 0 aromatic heterocycles. The van der Waals surface area contributed by atoms with Crippen molar-refractivity contribution in [1.82, 2.24) is 0 Å². The first kappa shape index (κ1) is 11.0. The number of halogens is 1. The van der Waals surface area contributed by atoms with Gasteiger partial charge in [0.25, 0.3) is 0 Å². The fraction of sp³-hybridized carbons (Fsp3) is 0.500. The van der Waals surface area contributed by atoms with Crippen LogP contribution in [0.2, 0.25) is 0 Å². The molecule has 2 heteroatoms. The first-order chi connectivity index (χ1) is 6.63. The van der Waals surface area contributed by atoms with Gasteiger partial charge in [-0.2, -0.15) is 0 Å². The third kappa shape index (κ3) is 3.02. The van der Waals surface area contributed by atoms with Crippen molar-refractivity contribution in [2.75, 3.05) is 0 Å². The van der Waals surface area contributed by atoms with Crippen molar-refractivity contribution >= 4 is 0 Å². The molecule has 0 radical (unpaired) electrons. The molecule has 0 heterocycles. The van der Waals surface area contributed by atoms with E-state index in [1.165, 1.54) is 6.07 Å². The molecule has 14 heavy (non-hydrogen) atoms. The van der Waals surface area contributed by atoms with Gasteiger partial charge in [0.2, 0.25) is 0 Å². The molecule has 1 aromatic rings. The summed E-state index contributed by atoms with van der Waals surface area (Å²) in [5.41, 5.74) is 1.02. The van der Waals surface area contributed by atoms with Crippen LogP contribution in [0.4, 0.5) is 4.39 Å². The first-order valence-electron chi connectivity index (χ1n) is 5.06. The largest absolute Gasteiger partial charge is 0.488 e. The molecular weight excluding hydrogens is 179 g/mol. The molecule has 0 spiro atoms. The van der Waals surface area contributed by atoms with E-state index in [0.29, 0.717) is 5.75 Å². The second-order valence-corrected chi connectivity index (χ2v) is 3.65. The molecule has 0 saturated heterocycles. The molecule has 1 rings (SSSR count). The van der Waals surface area contributed by atoms with Crippen LogP contribution in [0.3, 0.4) is 0 Å². The lowest BCUT2D eigenvalue weighted by Gasteiger charge is -2.14. The smallest absolute Gasteiger partial charge is 0.165 e. The van der Waals surface area contributed by atoms with Crippen LogP contribution in [0.1, 0.15) is 32.3 Å². The molecule has 1 atom stereocenters. The molecule has 0 bridgehead atoms. The molecular formula is C12H17FO. The van der Waals surface area contributed by atoms with Gasteiger partial charge in [-0.05, 0) is 38.0 Å². The molecule has 78 valence electrons. The van der Waals surface area contributed by atoms with Crippen molar-refractivity contribution in [1.29, 1.82) is 0 Å². The standard InChI is InChI=1S/C12H17FO/c1-4-5-10(3)14-12-8-9(2)6-7-11(12)13/h6-8,10H,4-5H2,1-3H3. The minimum absolute atomic E-state index is 0.0799. The zero-order valence-electron chi connectivity index (χ0n) is 9.01. The van der Waals surface area contributed by atoms with Crippen molar-refractivity contribution in [3.63, 3.8) is 0 Å². The van der Waals surface area contributed by atoms with Gasteiger partial charge in [-0.1, -0.05) is 19.4 Å². The lowest BCUT2D eigenvalue weighted by Crippen LogP contribution is -2.11. The summed E-state index contributed by atoms with van der Waals surface area (Å²) >= 11 is 0. The van der Waals surface area contributed by atoms with E-state index in [2.05, 4.69) is 6.92 Å². The highest BCUT2D eigenvalue weighted by molar-refractivity contribution is 5.29. The summed E-state index contributed by atoms with van der Waals surface area (Å²) in [6.45, 7) is 5.98. The van der Waals surface area contributed by atoms with E-state index in [4.69, 9.17) is 4.74 Å². The SMILES string of the molecule is CCCC(C)Oc1cc(C)ccc1F. The number of hydrogen-bond acceptors (Lipinski definition) is 1. The minimum atomic E-state index is -0.279. The van der Waals surface area contributed by atoms with Crippen LogP contribution in [0.5, 0.6) is 5.75 Å². The molecule has 0 aliphatic rings. The van der Waals surface area contributed by atoms with E-state index in [-0.39, 0.29) is 11.9 Å². The molecule has 0 N–H and O–H groups in total. The minimum Gasteiger partial charge on any atom is -0.488 e. The predicted octanol–water partition coefficient (Wildman–Crippen LogP) is 3.70. The lowest BCUT2D eigenvalue weighted by molar-refractivity contribution is 0.200. The van der Waals surface area contributed by atoms with E-state index in [9.17, 15) is 4.39 Å². The van der Waals surface area contributed by atoms with Gasteiger partial charge < -0.3 is 4.74 Å². The Hall–Kier alpha value is -1.05. The molecule has 0 saturated carbocycles. The first-order valence-corrected chi connectivity index (χ1v) is 5.06. The molecule has 1 nitrogen and oxygen atoms in total. The highest BCUT2D eigenvalue weighted by Crippen LogP contribution is 2.20. The zero-order valence-corrected chi connectivity index (χ0v) is 9.01. The third-order valence-corrected chi connectivity index (χ3v) is 2.11. The topological polar surface area (TPSA) is 9.23 Å². The predicted molar refractivity (Wildman–Crippen MR) is 56.1 cm³/mol. The summed E-state index contributed by atoms with van der Waals surface area (Å²) in [6, 6.07) is 4.93. The fourth-order valence-electron chi connectivity index (χ4n) is 1.38. The molecule has 0 aliphatic heterocycles. The van der Waals surface area contributed by atoms with Gasteiger partial charge in [-0.25, -0.2) is 4.39 Å². The number of hydrogen-bond donors (Lipinski definition) is 0. The number of ether oxygens (including phenoxy) is 1. The van der Waals surface area contributed by atoms with Crippen molar-refractivity contribution in [2.45, 2.75) is 39.7 Å². The van der Waals surface area contributed by atoms with Crippen molar-refractivity contribution in [3.8, 4) is 5.75 Å². The average Bonchev–Trinajstić information content (AvgIpc) is 2.12. The van der Waals surface area contributed by atoms with Gasteiger partial charge >= 0.3 is 0 Å². The van der Waals surface area contributed by atoms with E-state index < -0.39 is 0 Å². The lowest BCUT2D eigenvalue weighted by atomic mass is 10.2. The van der Waals surface area contributed by atoms with E-state index in [1.807, 2.05) is 13.8 Å². The Labute approximate surface area is 84.9 Å². The van der Waals surface area contributed by atoms with Crippen LogP contribution < -0.4 is 4.74 Å². The Kier molecular flexibility index (Phi) is 3.93. The Morgan fingerprint density at radius 2 is 2.14 bits per heavy atom. The third-order valence-electron chi connectivity index (χ3n) is 2.11. The second-order valence-electron chi connectivity index (χ2n) is 3.65. The van der Waals surface area contributed by atoms with Gasteiger partial charge in [0.1, 0.15) is 0 Å². The number of benzene rings is 1. The van der Waals surface area contributed by atoms with Gasteiger partial charge in [0, 0.05) is 0 Å². The van der Waals surface area contributed by atoms with Crippen LogP contribution >= 0.6 is 0 Å². The Morgan fingerprint density at radius 3 is 2.79 bits per heavy atom. The van der Waals surface area contributed by atoms with Crippen LogP contribution in [0.15, 0.2) is 18.2 Å². The maximum Gasteiger partial charge on any atom is 0.165 e. The maximum absolute atomic E-state index is 13.2. The van der Waals surface area contributed by atoms with E-state index in [0.717, 1.165) is 18.4 Å². The van der Waals surface area contributed by atoms with Crippen molar-refractivity contribution in [3.05, 3.63) is 29.6 Å². The monoisotopic (exact) mass is 196 g/mol. The Bertz CT molecular complexity index is 296. The van der Waals surface area contributed by atoms with Crippen LogP contribution in [-0.2, 0) is 0 Å². The summed E-state index contributed by atoms with van der Waals surface area (Å²) in [6.07, 6.45) is 2.08. The number of aryl methyl sites for hydroxylation is 1. The van der Waals surface area contributed by atoms with E-state index in [1.54, 1.807) is 12.1 Å². The van der Waals surface area contributed by atoms with Gasteiger partial charge in [0.15, 0.2) is 11.6 Å². The summed E-state index contributed by atoms with van der Waals surface area (Å²) in [5, 5.41) is 0. The summed E-state index contributed by atoms with van der Waals surface area (Å²) in [5.74, 6) is 0.0875. The summed E-state index contributed by atoms with van der Waals surface area (Å²) in [4.78, 5) is 0. The zero-order chi connectivity index (χ0) is 10.6.